The lowest BCUT2D eigenvalue weighted by Crippen LogP contribution is -2.52. The van der Waals surface area contributed by atoms with Gasteiger partial charge in [0.15, 0.2) is 0 Å². The van der Waals surface area contributed by atoms with E-state index in [4.69, 9.17) is 0 Å². The van der Waals surface area contributed by atoms with Crippen molar-refractivity contribution in [2.75, 3.05) is 44.2 Å². The largest absolute Gasteiger partial charge is 0.366 e. The Hall–Kier alpha value is -2.64. The molecule has 0 N–H and O–H groups in total. The van der Waals surface area contributed by atoms with Gasteiger partial charge in [-0.1, -0.05) is 12.1 Å². The van der Waals surface area contributed by atoms with Gasteiger partial charge in [-0.15, -0.1) is 0 Å². The van der Waals surface area contributed by atoms with E-state index in [0.29, 0.717) is 57.8 Å². The van der Waals surface area contributed by atoms with E-state index in [-0.39, 0.29) is 28.3 Å². The monoisotopic (exact) mass is 360 g/mol. The third-order valence-corrected chi connectivity index (χ3v) is 5.30. The molecule has 0 radical (unpaired) electrons. The molecule has 2 fully saturated rings. The molecule has 0 saturated carbocycles. The number of para-hydroxylation sites is 2. The molecular formula is C18H24N4O4. The third kappa shape index (κ3) is 3.79. The van der Waals surface area contributed by atoms with Crippen LogP contribution < -0.4 is 4.90 Å². The van der Waals surface area contributed by atoms with E-state index in [1.165, 1.54) is 6.07 Å². The zero-order valence-corrected chi connectivity index (χ0v) is 15.0. The van der Waals surface area contributed by atoms with Gasteiger partial charge in [0.25, 0.3) is 5.69 Å². The minimum absolute atomic E-state index is 0.0436. The summed E-state index contributed by atoms with van der Waals surface area (Å²) < 4.78 is 0. The van der Waals surface area contributed by atoms with Crippen LogP contribution in [0, 0.1) is 16.0 Å². The van der Waals surface area contributed by atoms with Gasteiger partial charge in [-0.05, 0) is 18.9 Å². The predicted molar refractivity (Wildman–Crippen MR) is 96.9 cm³/mol. The van der Waals surface area contributed by atoms with Crippen molar-refractivity contribution in [3.05, 3.63) is 34.4 Å². The van der Waals surface area contributed by atoms with Crippen molar-refractivity contribution in [1.29, 1.82) is 0 Å². The first-order chi connectivity index (χ1) is 12.5. The fourth-order valence-electron chi connectivity index (χ4n) is 3.75. The van der Waals surface area contributed by atoms with Crippen LogP contribution in [0.2, 0.25) is 0 Å². The fourth-order valence-corrected chi connectivity index (χ4v) is 3.75. The van der Waals surface area contributed by atoms with Gasteiger partial charge < -0.3 is 14.7 Å². The number of anilines is 1. The molecule has 1 aromatic carbocycles. The lowest BCUT2D eigenvalue weighted by molar-refractivity contribution is -0.384. The summed E-state index contributed by atoms with van der Waals surface area (Å²) in [4.78, 5) is 40.6. The van der Waals surface area contributed by atoms with Crippen LogP contribution in [0.15, 0.2) is 24.3 Å². The first-order valence-corrected chi connectivity index (χ1v) is 9.00. The van der Waals surface area contributed by atoms with Crippen LogP contribution in [0.1, 0.15) is 19.8 Å². The van der Waals surface area contributed by atoms with Gasteiger partial charge in [-0.25, -0.2) is 0 Å². The van der Waals surface area contributed by atoms with E-state index in [9.17, 15) is 19.7 Å². The van der Waals surface area contributed by atoms with Crippen molar-refractivity contribution < 1.29 is 14.5 Å². The molecule has 2 saturated heterocycles. The minimum atomic E-state index is -0.360. The quantitative estimate of drug-likeness (QED) is 0.602. The number of hydrogen-bond acceptors (Lipinski definition) is 5. The number of amides is 2. The number of piperidine rings is 1. The Balaban J connectivity index is 1.57. The van der Waals surface area contributed by atoms with Gasteiger partial charge in [-0.2, -0.15) is 0 Å². The van der Waals surface area contributed by atoms with Gasteiger partial charge in [0, 0.05) is 58.2 Å². The lowest BCUT2D eigenvalue weighted by Gasteiger charge is -2.38. The van der Waals surface area contributed by atoms with Crippen LogP contribution >= 0.6 is 0 Å². The molecule has 26 heavy (non-hydrogen) atoms. The second-order valence-corrected chi connectivity index (χ2v) is 6.84. The maximum Gasteiger partial charge on any atom is 0.292 e. The van der Waals surface area contributed by atoms with Gasteiger partial charge in [0.05, 0.1) is 4.92 Å². The number of rotatable bonds is 3. The van der Waals surface area contributed by atoms with Crippen LogP contribution in [0.4, 0.5) is 11.4 Å². The summed E-state index contributed by atoms with van der Waals surface area (Å²) >= 11 is 0. The molecule has 0 atom stereocenters. The topological polar surface area (TPSA) is 87.0 Å². The maximum absolute atomic E-state index is 12.7. The second-order valence-electron chi connectivity index (χ2n) is 6.84. The van der Waals surface area contributed by atoms with Crippen molar-refractivity contribution in [3.63, 3.8) is 0 Å². The Bertz CT molecular complexity index is 692. The first kappa shape index (κ1) is 18.2. The molecule has 0 aliphatic carbocycles. The lowest BCUT2D eigenvalue weighted by atomic mass is 9.94. The first-order valence-electron chi connectivity index (χ1n) is 9.00. The Labute approximate surface area is 152 Å². The van der Waals surface area contributed by atoms with Crippen LogP contribution in [0.25, 0.3) is 0 Å². The predicted octanol–water partition coefficient (Wildman–Crippen LogP) is 1.50. The number of piperazine rings is 1. The highest BCUT2D eigenvalue weighted by atomic mass is 16.6. The van der Waals surface area contributed by atoms with Crippen molar-refractivity contribution in [3.8, 4) is 0 Å². The third-order valence-electron chi connectivity index (χ3n) is 5.30. The van der Waals surface area contributed by atoms with E-state index < -0.39 is 0 Å². The van der Waals surface area contributed by atoms with Crippen LogP contribution in [-0.4, -0.2) is 65.8 Å². The Kier molecular flexibility index (Phi) is 5.39. The smallest absolute Gasteiger partial charge is 0.292 e. The number of carbonyl (C=O) groups excluding carboxylic acids is 2. The average Bonchev–Trinajstić information content (AvgIpc) is 2.67. The highest BCUT2D eigenvalue weighted by Crippen LogP contribution is 2.31. The highest BCUT2D eigenvalue weighted by Gasteiger charge is 2.32. The Morgan fingerprint density at radius 2 is 1.58 bits per heavy atom. The molecular weight excluding hydrogens is 336 g/mol. The summed E-state index contributed by atoms with van der Waals surface area (Å²) in [5, 5.41) is 11.2. The molecule has 0 unspecified atom stereocenters. The fraction of sp³-hybridized carbons (Fsp3) is 0.556. The number of nitro groups is 1. The molecule has 1 aromatic rings. The summed E-state index contributed by atoms with van der Waals surface area (Å²) in [5.41, 5.74) is 0.733. The maximum atomic E-state index is 12.7. The molecule has 140 valence electrons. The molecule has 2 heterocycles. The summed E-state index contributed by atoms with van der Waals surface area (Å²) in [5.74, 6) is 0.156. The molecule has 0 aromatic heterocycles. The summed E-state index contributed by atoms with van der Waals surface area (Å²) in [7, 11) is 0. The number of nitro benzene ring substituents is 1. The molecule has 8 nitrogen and oxygen atoms in total. The second kappa shape index (κ2) is 7.72. The van der Waals surface area contributed by atoms with E-state index in [1.54, 1.807) is 30.0 Å². The van der Waals surface area contributed by atoms with Gasteiger partial charge in [-0.3, -0.25) is 19.7 Å². The Morgan fingerprint density at radius 3 is 2.15 bits per heavy atom. The molecule has 0 bridgehead atoms. The van der Waals surface area contributed by atoms with E-state index in [2.05, 4.69) is 0 Å². The van der Waals surface area contributed by atoms with Crippen LogP contribution in [0.3, 0.4) is 0 Å². The summed E-state index contributed by atoms with van der Waals surface area (Å²) in [6, 6.07) is 6.75. The Morgan fingerprint density at radius 1 is 1.00 bits per heavy atom. The molecule has 2 aliphatic rings. The normalized spacial score (nSPS) is 18.7. The molecule has 3 rings (SSSR count). The number of benzene rings is 1. The van der Waals surface area contributed by atoms with Gasteiger partial charge in [0.1, 0.15) is 5.69 Å². The zero-order chi connectivity index (χ0) is 18.7. The number of nitrogens with zero attached hydrogens (tertiary/aromatic N) is 4. The van der Waals surface area contributed by atoms with E-state index in [1.807, 2.05) is 9.80 Å². The van der Waals surface area contributed by atoms with Crippen LogP contribution in [-0.2, 0) is 9.59 Å². The van der Waals surface area contributed by atoms with Gasteiger partial charge >= 0.3 is 0 Å². The van der Waals surface area contributed by atoms with Crippen LogP contribution in [0.5, 0.6) is 0 Å². The molecule has 2 amide bonds. The summed E-state index contributed by atoms with van der Waals surface area (Å²) in [6.07, 6.45) is 1.38. The number of carbonyl (C=O) groups is 2. The van der Waals surface area contributed by atoms with E-state index >= 15 is 0 Å². The average molecular weight is 360 g/mol. The van der Waals surface area contributed by atoms with E-state index in [0.717, 1.165) is 0 Å². The van der Waals surface area contributed by atoms with Gasteiger partial charge in [0.2, 0.25) is 11.8 Å². The molecule has 0 spiro atoms. The molecule has 2 aliphatic heterocycles. The van der Waals surface area contributed by atoms with Crippen molar-refractivity contribution in [1.82, 2.24) is 9.80 Å². The standard InChI is InChI=1S/C18H24N4O4/c1-14(23)19-10-12-21(13-11-19)18(24)15-6-8-20(9-7-15)16-4-2-3-5-17(16)22(25)26/h2-5,15H,6-13H2,1H3. The summed E-state index contributed by atoms with van der Waals surface area (Å²) in [6.45, 7) is 5.18. The molecule has 8 heteroatoms. The minimum Gasteiger partial charge on any atom is -0.366 e. The van der Waals surface area contributed by atoms with Crippen molar-refractivity contribution in [2.45, 2.75) is 19.8 Å². The SMILES string of the molecule is CC(=O)N1CCN(C(=O)C2CCN(c3ccccc3[N+](=O)[O-])CC2)CC1. The van der Waals surface area contributed by atoms with Crippen molar-refractivity contribution in [2.24, 2.45) is 5.92 Å². The zero-order valence-electron chi connectivity index (χ0n) is 15.0. The number of hydrogen-bond donors (Lipinski definition) is 0. The highest BCUT2D eigenvalue weighted by molar-refractivity contribution is 5.80. The van der Waals surface area contributed by atoms with Crippen molar-refractivity contribution >= 4 is 23.2 Å².